The summed E-state index contributed by atoms with van der Waals surface area (Å²) in [6.45, 7) is 5.51. The van der Waals surface area contributed by atoms with E-state index < -0.39 is 34.3 Å². The van der Waals surface area contributed by atoms with E-state index in [-0.39, 0.29) is 35.4 Å². The predicted molar refractivity (Wildman–Crippen MR) is 171 cm³/mol. The van der Waals surface area contributed by atoms with Gasteiger partial charge < -0.3 is 10.2 Å². The molecule has 1 N–H and O–H groups in total. The molecule has 0 aromatic heterocycles. The Bertz CT molecular complexity index is 1650. The zero-order valence-corrected chi connectivity index (χ0v) is 26.0. The molecule has 2 amide bonds. The van der Waals surface area contributed by atoms with Gasteiger partial charge in [-0.3, -0.25) is 13.9 Å². The van der Waals surface area contributed by atoms with Crippen molar-refractivity contribution in [1.82, 2.24) is 10.2 Å². The number of benzene rings is 4. The van der Waals surface area contributed by atoms with Gasteiger partial charge in [-0.2, -0.15) is 0 Å². The fourth-order valence-corrected chi connectivity index (χ4v) is 6.18. The number of carbonyl (C=O) groups excluding carboxylic acids is 2. The van der Waals surface area contributed by atoms with Crippen molar-refractivity contribution >= 4 is 27.5 Å². The number of aryl methyl sites for hydroxylation is 1. The van der Waals surface area contributed by atoms with Gasteiger partial charge in [-0.15, -0.1) is 0 Å². The van der Waals surface area contributed by atoms with Gasteiger partial charge in [-0.1, -0.05) is 104 Å². The number of nitrogens with one attached hydrogen (secondary N) is 1. The van der Waals surface area contributed by atoms with Crippen LogP contribution in [-0.2, 0) is 32.6 Å². The third-order valence-corrected chi connectivity index (χ3v) is 8.93. The predicted octanol–water partition coefficient (Wildman–Crippen LogP) is 5.74. The summed E-state index contributed by atoms with van der Waals surface area (Å²) < 4.78 is 44.0. The second-order valence-corrected chi connectivity index (χ2v) is 13.0. The Morgan fingerprint density at radius 3 is 1.95 bits per heavy atom. The van der Waals surface area contributed by atoms with Gasteiger partial charge in [0.15, 0.2) is 0 Å². The Labute approximate surface area is 259 Å². The smallest absolute Gasteiger partial charge is 0.264 e. The van der Waals surface area contributed by atoms with Crippen LogP contribution in [0.1, 0.15) is 30.5 Å². The number of rotatable bonds is 13. The minimum absolute atomic E-state index is 0.0436. The lowest BCUT2D eigenvalue weighted by molar-refractivity contribution is -0.140. The van der Waals surface area contributed by atoms with Crippen molar-refractivity contribution in [2.45, 2.75) is 44.7 Å². The minimum atomic E-state index is -4.38. The zero-order valence-electron chi connectivity index (χ0n) is 25.2. The first-order valence-corrected chi connectivity index (χ1v) is 16.0. The van der Waals surface area contributed by atoms with E-state index in [4.69, 9.17) is 0 Å². The number of hydrogen-bond acceptors (Lipinski definition) is 4. The Balaban J connectivity index is 1.79. The average Bonchev–Trinajstić information content (AvgIpc) is 3.02. The van der Waals surface area contributed by atoms with Gasteiger partial charge in [0.25, 0.3) is 10.0 Å². The first-order valence-electron chi connectivity index (χ1n) is 14.5. The van der Waals surface area contributed by atoms with Crippen molar-refractivity contribution < 1.29 is 22.4 Å². The molecule has 9 heteroatoms. The van der Waals surface area contributed by atoms with E-state index in [0.29, 0.717) is 6.54 Å². The summed E-state index contributed by atoms with van der Waals surface area (Å²) in [4.78, 5) is 29.4. The second-order valence-electron chi connectivity index (χ2n) is 11.1. The number of nitrogens with zero attached hydrogens (tertiary/aromatic N) is 2. The Morgan fingerprint density at radius 1 is 0.795 bits per heavy atom. The molecular weight excluding hydrogens is 577 g/mol. The van der Waals surface area contributed by atoms with Crippen LogP contribution in [0.3, 0.4) is 0 Å². The lowest BCUT2D eigenvalue weighted by Gasteiger charge is -2.34. The molecule has 0 aliphatic carbocycles. The summed E-state index contributed by atoms with van der Waals surface area (Å²) in [5.41, 5.74) is 2.18. The highest BCUT2D eigenvalue weighted by Gasteiger charge is 2.35. The van der Waals surface area contributed by atoms with E-state index in [1.54, 1.807) is 12.1 Å². The first-order chi connectivity index (χ1) is 21.1. The number of amides is 2. The van der Waals surface area contributed by atoms with Gasteiger partial charge in [-0.25, -0.2) is 12.8 Å². The van der Waals surface area contributed by atoms with Crippen LogP contribution in [0.2, 0.25) is 0 Å². The maximum Gasteiger partial charge on any atom is 0.264 e. The SMILES string of the molecule is Cc1ccc(S(=O)(=O)N(CC(=O)N(Cc2ccccc2)[C@H](Cc2ccccc2)C(=O)NCC(C)C)c2ccccc2F)cc1. The molecule has 0 radical (unpaired) electrons. The zero-order chi connectivity index (χ0) is 31.7. The lowest BCUT2D eigenvalue weighted by Crippen LogP contribution is -2.53. The van der Waals surface area contributed by atoms with E-state index in [9.17, 15) is 18.0 Å². The van der Waals surface area contributed by atoms with Crippen LogP contribution < -0.4 is 9.62 Å². The molecule has 4 rings (SSSR count). The molecular formula is C35H38FN3O4S. The summed E-state index contributed by atoms with van der Waals surface area (Å²) >= 11 is 0. The quantitative estimate of drug-likeness (QED) is 0.208. The van der Waals surface area contributed by atoms with Gasteiger partial charge in [0.2, 0.25) is 11.8 Å². The minimum Gasteiger partial charge on any atom is -0.354 e. The highest BCUT2D eigenvalue weighted by atomic mass is 32.2. The highest BCUT2D eigenvalue weighted by molar-refractivity contribution is 7.92. The molecule has 0 aliphatic rings. The third-order valence-electron chi connectivity index (χ3n) is 7.16. The van der Waals surface area contributed by atoms with Crippen LogP contribution in [0.4, 0.5) is 10.1 Å². The van der Waals surface area contributed by atoms with E-state index in [0.717, 1.165) is 27.1 Å². The Kier molecular flexibility index (Phi) is 10.9. The van der Waals surface area contributed by atoms with Crippen LogP contribution in [-0.4, -0.2) is 44.3 Å². The van der Waals surface area contributed by atoms with E-state index >= 15 is 4.39 Å². The first kappa shape index (κ1) is 32.4. The monoisotopic (exact) mass is 615 g/mol. The van der Waals surface area contributed by atoms with Gasteiger partial charge in [0, 0.05) is 19.5 Å². The Hall–Kier alpha value is -4.50. The molecule has 0 heterocycles. The standard InChI is InChI=1S/C35H38FN3O4S/c1-26(2)23-37-35(41)33(22-28-12-6-4-7-13-28)38(24-29-14-8-5-9-15-29)34(40)25-39(32-17-11-10-16-31(32)36)44(42,43)30-20-18-27(3)19-21-30/h4-21,26,33H,22-25H2,1-3H3,(H,37,41)/t33-/m1/s1. The maximum atomic E-state index is 15.2. The van der Waals surface area contributed by atoms with Crippen LogP contribution in [0.15, 0.2) is 114 Å². The molecule has 44 heavy (non-hydrogen) atoms. The highest BCUT2D eigenvalue weighted by Crippen LogP contribution is 2.27. The summed E-state index contributed by atoms with van der Waals surface area (Å²) in [5, 5.41) is 2.95. The summed E-state index contributed by atoms with van der Waals surface area (Å²) in [6.07, 6.45) is 0.202. The summed E-state index contributed by atoms with van der Waals surface area (Å²) in [6, 6.07) is 29.1. The van der Waals surface area contributed by atoms with Crippen molar-refractivity contribution in [3.8, 4) is 0 Å². The molecule has 0 fully saturated rings. The average molecular weight is 616 g/mol. The maximum absolute atomic E-state index is 15.2. The summed E-state index contributed by atoms with van der Waals surface area (Å²) in [5.74, 6) is -1.62. The molecule has 0 saturated heterocycles. The molecule has 0 saturated carbocycles. The van der Waals surface area contributed by atoms with Gasteiger partial charge >= 0.3 is 0 Å². The molecule has 0 aliphatic heterocycles. The number of sulfonamides is 1. The van der Waals surface area contributed by atoms with Crippen LogP contribution in [0.5, 0.6) is 0 Å². The molecule has 7 nitrogen and oxygen atoms in total. The fraction of sp³-hybridized carbons (Fsp3) is 0.257. The van der Waals surface area contributed by atoms with Crippen molar-refractivity contribution in [3.63, 3.8) is 0 Å². The molecule has 0 bridgehead atoms. The van der Waals surface area contributed by atoms with Crippen molar-refractivity contribution in [2.24, 2.45) is 5.92 Å². The van der Waals surface area contributed by atoms with Crippen LogP contribution >= 0.6 is 0 Å². The molecule has 4 aromatic carbocycles. The van der Waals surface area contributed by atoms with E-state index in [1.165, 1.54) is 35.2 Å². The second kappa shape index (κ2) is 14.8. The van der Waals surface area contributed by atoms with Crippen LogP contribution in [0.25, 0.3) is 0 Å². The van der Waals surface area contributed by atoms with E-state index in [1.807, 2.05) is 81.4 Å². The van der Waals surface area contributed by atoms with Gasteiger partial charge in [0.1, 0.15) is 18.4 Å². The van der Waals surface area contributed by atoms with Crippen LogP contribution in [0, 0.1) is 18.7 Å². The van der Waals surface area contributed by atoms with Crippen molar-refractivity contribution in [1.29, 1.82) is 0 Å². The molecule has 1 atom stereocenters. The summed E-state index contributed by atoms with van der Waals surface area (Å²) in [7, 11) is -4.38. The number of carbonyl (C=O) groups is 2. The lowest BCUT2D eigenvalue weighted by atomic mass is 10.0. The topological polar surface area (TPSA) is 86.8 Å². The van der Waals surface area contributed by atoms with E-state index in [2.05, 4.69) is 5.32 Å². The number of hydrogen-bond donors (Lipinski definition) is 1. The number of anilines is 1. The molecule has 230 valence electrons. The van der Waals surface area contributed by atoms with Crippen molar-refractivity contribution in [2.75, 3.05) is 17.4 Å². The third kappa shape index (κ3) is 8.32. The van der Waals surface area contributed by atoms with Gasteiger partial charge in [0.05, 0.1) is 10.6 Å². The molecule has 0 unspecified atom stereocenters. The van der Waals surface area contributed by atoms with Crippen molar-refractivity contribution in [3.05, 3.63) is 132 Å². The Morgan fingerprint density at radius 2 is 1.36 bits per heavy atom. The normalized spacial score (nSPS) is 12.0. The largest absolute Gasteiger partial charge is 0.354 e. The van der Waals surface area contributed by atoms with Gasteiger partial charge in [-0.05, 0) is 48.2 Å². The number of halogens is 1. The fourth-order valence-electron chi connectivity index (χ4n) is 4.76. The number of para-hydroxylation sites is 1. The molecule has 0 spiro atoms. The molecule has 4 aromatic rings.